The lowest BCUT2D eigenvalue weighted by molar-refractivity contribution is 0.331. The van der Waals surface area contributed by atoms with Crippen molar-refractivity contribution in [2.45, 2.75) is 38.0 Å². The maximum atomic E-state index is 12.7. The summed E-state index contributed by atoms with van der Waals surface area (Å²) in [7, 11) is -3.74. The van der Waals surface area contributed by atoms with Crippen LogP contribution in [0.15, 0.2) is 51.8 Å². The first kappa shape index (κ1) is 18.8. The van der Waals surface area contributed by atoms with Gasteiger partial charge in [-0.25, -0.2) is 8.42 Å². The first-order valence-corrected chi connectivity index (χ1v) is 9.97. The number of rotatable bonds is 5. The number of nitrogens with one attached hydrogen (secondary N) is 1. The summed E-state index contributed by atoms with van der Waals surface area (Å²) in [4.78, 5) is 0.110. The maximum Gasteiger partial charge on any atom is 0.265 e. The fraction of sp³-hybridized carbons (Fsp3) is 0.333. The lowest BCUT2D eigenvalue weighted by Gasteiger charge is -2.19. The van der Waals surface area contributed by atoms with E-state index in [2.05, 4.69) is 41.4 Å². The van der Waals surface area contributed by atoms with Gasteiger partial charge in [-0.05, 0) is 48.2 Å². The van der Waals surface area contributed by atoms with Gasteiger partial charge in [-0.3, -0.25) is 4.72 Å². The summed E-state index contributed by atoms with van der Waals surface area (Å²) < 4.78 is 34.2. The molecule has 2 aromatic carbocycles. The third-order valence-electron chi connectivity index (χ3n) is 3.50. The van der Waals surface area contributed by atoms with Gasteiger partial charge in [-0.2, -0.15) is 0 Å². The molecule has 130 valence electrons. The zero-order chi connectivity index (χ0) is 18.0. The Balaban J connectivity index is 2.33. The second-order valence-electron chi connectivity index (χ2n) is 6.46. The monoisotopic (exact) mass is 411 g/mol. The summed E-state index contributed by atoms with van der Waals surface area (Å²) in [5.41, 5.74) is 1.68. The Labute approximate surface area is 152 Å². The highest BCUT2D eigenvalue weighted by atomic mass is 79.9. The molecule has 0 aromatic heterocycles. The molecule has 0 aliphatic rings. The second-order valence-corrected chi connectivity index (χ2v) is 9.02. The predicted octanol–water partition coefficient (Wildman–Crippen LogP) is 4.95. The minimum absolute atomic E-state index is 0.0177. The van der Waals surface area contributed by atoms with Gasteiger partial charge in [0.2, 0.25) is 0 Å². The van der Waals surface area contributed by atoms with Crippen molar-refractivity contribution >= 4 is 31.6 Å². The van der Waals surface area contributed by atoms with Crippen molar-refractivity contribution in [2.24, 2.45) is 0 Å². The van der Waals surface area contributed by atoms with Crippen LogP contribution < -0.4 is 9.46 Å². The number of sulfonamides is 1. The fourth-order valence-electron chi connectivity index (χ4n) is 2.22. The number of hydrogen-bond acceptors (Lipinski definition) is 3. The molecule has 2 aromatic rings. The molecule has 24 heavy (non-hydrogen) atoms. The molecular weight excluding hydrogens is 390 g/mol. The zero-order valence-electron chi connectivity index (χ0n) is 14.3. The molecule has 0 amide bonds. The second kappa shape index (κ2) is 7.15. The lowest BCUT2D eigenvalue weighted by Crippen LogP contribution is -2.15. The Bertz CT molecular complexity index is 809. The van der Waals surface area contributed by atoms with Gasteiger partial charge >= 0.3 is 0 Å². The van der Waals surface area contributed by atoms with Crippen LogP contribution in [0.5, 0.6) is 5.75 Å². The summed E-state index contributed by atoms with van der Waals surface area (Å²) >= 11 is 3.31. The van der Waals surface area contributed by atoms with Gasteiger partial charge in [-0.1, -0.05) is 48.8 Å². The van der Waals surface area contributed by atoms with Gasteiger partial charge < -0.3 is 4.74 Å². The van der Waals surface area contributed by atoms with E-state index in [1.807, 2.05) is 19.1 Å². The SMILES string of the molecule is CCOc1ccc(Br)cc1S(=O)(=O)Nc1ccc(C(C)(C)C)cc1. The van der Waals surface area contributed by atoms with Crippen LogP contribution >= 0.6 is 15.9 Å². The first-order chi connectivity index (χ1) is 11.1. The topological polar surface area (TPSA) is 55.4 Å². The fourth-order valence-corrected chi connectivity index (χ4v) is 3.96. The van der Waals surface area contributed by atoms with Crippen molar-refractivity contribution in [3.05, 3.63) is 52.5 Å². The summed E-state index contributed by atoms with van der Waals surface area (Å²) in [6, 6.07) is 12.3. The van der Waals surface area contributed by atoms with Gasteiger partial charge in [0.15, 0.2) is 0 Å². The molecule has 0 atom stereocenters. The molecule has 0 fully saturated rings. The molecule has 4 nitrogen and oxygen atoms in total. The normalized spacial score (nSPS) is 12.0. The Morgan fingerprint density at radius 1 is 1.08 bits per heavy atom. The minimum atomic E-state index is -3.74. The molecule has 6 heteroatoms. The van der Waals surface area contributed by atoms with E-state index in [1.165, 1.54) is 6.07 Å². The van der Waals surface area contributed by atoms with E-state index in [0.29, 0.717) is 22.5 Å². The standard InChI is InChI=1S/C18H22BrNO3S/c1-5-23-16-11-8-14(19)12-17(16)24(21,22)20-15-9-6-13(7-10-15)18(2,3)4/h6-12,20H,5H2,1-4H3. The van der Waals surface area contributed by atoms with Crippen LogP contribution in [0.3, 0.4) is 0 Å². The van der Waals surface area contributed by atoms with Crippen LogP contribution in [0.25, 0.3) is 0 Å². The molecule has 0 radical (unpaired) electrons. The van der Waals surface area contributed by atoms with Gasteiger partial charge in [-0.15, -0.1) is 0 Å². The highest BCUT2D eigenvalue weighted by Gasteiger charge is 2.21. The number of halogens is 1. The molecule has 0 saturated carbocycles. The quantitative estimate of drug-likeness (QED) is 0.757. The highest BCUT2D eigenvalue weighted by Crippen LogP contribution is 2.30. The predicted molar refractivity (Wildman–Crippen MR) is 101 cm³/mol. The number of benzene rings is 2. The first-order valence-electron chi connectivity index (χ1n) is 7.69. The van der Waals surface area contributed by atoms with Crippen LogP contribution in [0.2, 0.25) is 0 Å². The van der Waals surface area contributed by atoms with E-state index < -0.39 is 10.0 Å². The van der Waals surface area contributed by atoms with Crippen molar-refractivity contribution in [3.8, 4) is 5.75 Å². The van der Waals surface area contributed by atoms with Crippen molar-refractivity contribution in [3.63, 3.8) is 0 Å². The van der Waals surface area contributed by atoms with E-state index in [4.69, 9.17) is 4.74 Å². The Kier molecular flexibility index (Phi) is 5.60. The van der Waals surface area contributed by atoms with Crippen molar-refractivity contribution < 1.29 is 13.2 Å². The van der Waals surface area contributed by atoms with E-state index >= 15 is 0 Å². The summed E-state index contributed by atoms with van der Waals surface area (Å²) in [6.45, 7) is 8.55. The van der Waals surface area contributed by atoms with Crippen LogP contribution in [-0.4, -0.2) is 15.0 Å². The van der Waals surface area contributed by atoms with E-state index in [0.717, 1.165) is 5.56 Å². The third-order valence-corrected chi connectivity index (χ3v) is 5.39. The molecule has 0 saturated heterocycles. The minimum Gasteiger partial charge on any atom is -0.492 e. The third kappa shape index (κ3) is 4.51. The molecule has 0 spiro atoms. The van der Waals surface area contributed by atoms with Crippen molar-refractivity contribution in [1.29, 1.82) is 0 Å². The number of ether oxygens (including phenoxy) is 1. The highest BCUT2D eigenvalue weighted by molar-refractivity contribution is 9.10. The van der Waals surface area contributed by atoms with Gasteiger partial charge in [0.1, 0.15) is 10.6 Å². The van der Waals surface area contributed by atoms with E-state index in [-0.39, 0.29) is 10.3 Å². The van der Waals surface area contributed by atoms with E-state index in [1.54, 1.807) is 24.3 Å². The van der Waals surface area contributed by atoms with Gasteiger partial charge in [0.05, 0.1) is 6.61 Å². The molecule has 0 aliphatic heterocycles. The average molecular weight is 412 g/mol. The van der Waals surface area contributed by atoms with Crippen molar-refractivity contribution in [1.82, 2.24) is 0 Å². The summed E-state index contributed by atoms with van der Waals surface area (Å²) in [5.74, 6) is 0.333. The van der Waals surface area contributed by atoms with Crippen LogP contribution in [-0.2, 0) is 15.4 Å². The van der Waals surface area contributed by atoms with Gasteiger partial charge in [0, 0.05) is 10.2 Å². The Morgan fingerprint density at radius 3 is 2.25 bits per heavy atom. The molecule has 1 N–H and O–H groups in total. The zero-order valence-corrected chi connectivity index (χ0v) is 16.7. The summed E-state index contributed by atoms with van der Waals surface area (Å²) in [6.07, 6.45) is 0. The van der Waals surface area contributed by atoms with Crippen LogP contribution in [0.4, 0.5) is 5.69 Å². The molecule has 2 rings (SSSR count). The van der Waals surface area contributed by atoms with Crippen molar-refractivity contribution in [2.75, 3.05) is 11.3 Å². The lowest BCUT2D eigenvalue weighted by atomic mass is 9.87. The van der Waals surface area contributed by atoms with Gasteiger partial charge in [0.25, 0.3) is 10.0 Å². The smallest absolute Gasteiger partial charge is 0.265 e. The Hall–Kier alpha value is -1.53. The Morgan fingerprint density at radius 2 is 1.71 bits per heavy atom. The van der Waals surface area contributed by atoms with Crippen LogP contribution in [0.1, 0.15) is 33.3 Å². The van der Waals surface area contributed by atoms with E-state index in [9.17, 15) is 8.42 Å². The molecule has 0 heterocycles. The maximum absolute atomic E-state index is 12.7. The molecule has 0 aliphatic carbocycles. The summed E-state index contributed by atoms with van der Waals surface area (Å²) in [5, 5.41) is 0. The molecule has 0 bridgehead atoms. The van der Waals surface area contributed by atoms with Crippen LogP contribution in [0, 0.1) is 0 Å². The molecular formula is C18H22BrNO3S. The largest absolute Gasteiger partial charge is 0.492 e. The average Bonchev–Trinajstić information content (AvgIpc) is 2.48. The molecule has 0 unspecified atom stereocenters. The number of anilines is 1. The number of hydrogen-bond donors (Lipinski definition) is 1.